The number of H-pyrrole nitrogens is 1. The molecular weight excluding hydrogens is 402 g/mol. The van der Waals surface area contributed by atoms with Gasteiger partial charge < -0.3 is 0 Å². The van der Waals surface area contributed by atoms with Crippen LogP contribution in [0.25, 0.3) is 22.5 Å². The van der Waals surface area contributed by atoms with Crippen LogP contribution in [-0.4, -0.2) is 34.7 Å². The molecule has 3 heterocycles. The first-order chi connectivity index (χ1) is 15.7. The van der Waals surface area contributed by atoms with Gasteiger partial charge in [-0.1, -0.05) is 63.4 Å². The summed E-state index contributed by atoms with van der Waals surface area (Å²) in [5.41, 5.74) is 4.82. The fourth-order valence-corrected chi connectivity index (χ4v) is 3.94. The van der Waals surface area contributed by atoms with Crippen LogP contribution in [0.2, 0.25) is 0 Å². The van der Waals surface area contributed by atoms with Crippen LogP contribution in [0.3, 0.4) is 0 Å². The number of hydrogen-bond donors (Lipinski definition) is 1. The van der Waals surface area contributed by atoms with Crippen LogP contribution in [0.15, 0.2) is 53.6 Å². The molecule has 3 aromatic heterocycles. The van der Waals surface area contributed by atoms with Crippen LogP contribution >= 0.6 is 0 Å². The van der Waals surface area contributed by atoms with Gasteiger partial charge in [0.2, 0.25) is 5.82 Å². The zero-order valence-electron chi connectivity index (χ0n) is 18.7. The van der Waals surface area contributed by atoms with Gasteiger partial charge in [-0.25, -0.2) is 4.79 Å². The lowest BCUT2D eigenvalue weighted by atomic mass is 10.0. The van der Waals surface area contributed by atoms with E-state index in [1.54, 1.807) is 0 Å². The number of rotatable bonds is 10. The van der Waals surface area contributed by atoms with E-state index in [2.05, 4.69) is 39.5 Å². The highest BCUT2D eigenvalue weighted by molar-refractivity contribution is 5.79. The lowest BCUT2D eigenvalue weighted by Crippen LogP contribution is -2.26. The van der Waals surface area contributed by atoms with Crippen LogP contribution in [0.1, 0.15) is 50.9 Å². The van der Waals surface area contributed by atoms with Gasteiger partial charge in [0.25, 0.3) is 0 Å². The Kier molecular flexibility index (Phi) is 6.89. The largest absolute Gasteiger partial charge is 0.328 e. The molecule has 0 amide bonds. The number of hydrogen-bond acceptors (Lipinski definition) is 5. The van der Waals surface area contributed by atoms with E-state index in [1.165, 1.54) is 0 Å². The van der Waals surface area contributed by atoms with E-state index in [0.29, 0.717) is 12.4 Å². The number of benzene rings is 1. The van der Waals surface area contributed by atoms with Crippen molar-refractivity contribution < 1.29 is 0 Å². The van der Waals surface area contributed by atoms with Crippen LogP contribution in [-0.2, 0) is 19.5 Å². The fraction of sp³-hybridized carbons (Fsp3) is 0.375. The van der Waals surface area contributed by atoms with Crippen molar-refractivity contribution in [2.45, 2.75) is 59.0 Å². The summed E-state index contributed by atoms with van der Waals surface area (Å²) in [4.78, 5) is 17.7. The highest BCUT2D eigenvalue weighted by Crippen LogP contribution is 2.29. The van der Waals surface area contributed by atoms with Gasteiger partial charge in [0.1, 0.15) is 0 Å². The van der Waals surface area contributed by atoms with Gasteiger partial charge in [0.15, 0.2) is 0 Å². The summed E-state index contributed by atoms with van der Waals surface area (Å²) in [6.45, 7) is 5.56. The molecule has 8 heteroatoms. The van der Waals surface area contributed by atoms with E-state index in [1.807, 2.05) is 57.9 Å². The van der Waals surface area contributed by atoms with Crippen molar-refractivity contribution in [3.8, 4) is 22.5 Å². The maximum atomic E-state index is 13.0. The minimum Gasteiger partial charge on any atom is -0.299 e. The molecule has 0 unspecified atom stereocenters. The van der Waals surface area contributed by atoms with E-state index in [-0.39, 0.29) is 5.69 Å². The summed E-state index contributed by atoms with van der Waals surface area (Å²) in [5, 5.41) is 14.4. The Bertz CT molecular complexity index is 1190. The highest BCUT2D eigenvalue weighted by atomic mass is 16.1. The summed E-state index contributed by atoms with van der Waals surface area (Å²) in [7, 11) is 0. The Balaban J connectivity index is 1.58. The first kappa shape index (κ1) is 21.7. The van der Waals surface area contributed by atoms with E-state index in [0.717, 1.165) is 66.7 Å². The number of aryl methyl sites for hydroxylation is 2. The molecule has 4 aromatic rings. The molecule has 4 rings (SSSR count). The quantitative estimate of drug-likeness (QED) is 0.382. The Hall–Kier alpha value is -3.55. The molecule has 0 aliphatic carbocycles. The number of nitrogens with zero attached hydrogens (tertiary/aromatic N) is 6. The van der Waals surface area contributed by atoms with Gasteiger partial charge in [-0.2, -0.15) is 5.21 Å². The molecular formula is C24H29N7O. The first-order valence-corrected chi connectivity index (χ1v) is 11.3. The second-order valence-electron chi connectivity index (χ2n) is 7.96. The van der Waals surface area contributed by atoms with E-state index < -0.39 is 0 Å². The SMILES string of the molecule is CCCCCn1cc(CCC)n(Cc2ccc(-c3ccccc3-c3nn[nH]n3)cn2)c1=O. The fourth-order valence-electron chi connectivity index (χ4n) is 3.94. The number of aromatic nitrogens is 7. The monoisotopic (exact) mass is 431 g/mol. The topological polar surface area (TPSA) is 94.3 Å². The van der Waals surface area contributed by atoms with Crippen molar-refractivity contribution >= 4 is 0 Å². The molecule has 32 heavy (non-hydrogen) atoms. The maximum absolute atomic E-state index is 13.0. The van der Waals surface area contributed by atoms with Crippen molar-refractivity contribution in [2.75, 3.05) is 0 Å². The van der Waals surface area contributed by atoms with Gasteiger partial charge in [-0.05, 0) is 29.7 Å². The Morgan fingerprint density at radius 2 is 1.84 bits per heavy atom. The normalized spacial score (nSPS) is 11.2. The number of unbranched alkanes of at least 4 members (excludes halogenated alkanes) is 2. The highest BCUT2D eigenvalue weighted by Gasteiger charge is 2.13. The minimum absolute atomic E-state index is 0.0536. The minimum atomic E-state index is 0.0536. The van der Waals surface area contributed by atoms with E-state index >= 15 is 0 Å². The summed E-state index contributed by atoms with van der Waals surface area (Å²) in [5.74, 6) is 0.546. The van der Waals surface area contributed by atoms with Crippen molar-refractivity contribution in [3.05, 3.63) is 70.7 Å². The molecule has 166 valence electrons. The molecule has 0 saturated heterocycles. The number of imidazole rings is 1. The lowest BCUT2D eigenvalue weighted by molar-refractivity contribution is 0.571. The van der Waals surface area contributed by atoms with Gasteiger partial charge in [-0.15, -0.1) is 10.2 Å². The molecule has 1 N–H and O–H groups in total. The lowest BCUT2D eigenvalue weighted by Gasteiger charge is -2.09. The summed E-state index contributed by atoms with van der Waals surface area (Å²) in [6.07, 6.45) is 9.05. The van der Waals surface area contributed by atoms with Crippen LogP contribution in [0.5, 0.6) is 0 Å². The average Bonchev–Trinajstić information content (AvgIpc) is 3.45. The molecule has 0 bridgehead atoms. The molecule has 0 radical (unpaired) electrons. The molecule has 0 aliphatic rings. The van der Waals surface area contributed by atoms with Gasteiger partial charge in [0.05, 0.1) is 12.2 Å². The standard InChI is InChI=1S/C24H29N7O/c1-3-5-8-14-30-17-20(9-4-2)31(24(30)32)16-19-13-12-18(15-25-19)21-10-6-7-11-22(21)23-26-28-29-27-23/h6-7,10-13,15,17H,3-5,8-9,14,16H2,1-2H3,(H,26,27,28,29). The third kappa shape index (κ3) is 4.69. The van der Waals surface area contributed by atoms with Gasteiger partial charge >= 0.3 is 5.69 Å². The van der Waals surface area contributed by atoms with Gasteiger partial charge in [-0.3, -0.25) is 14.1 Å². The number of pyridine rings is 1. The van der Waals surface area contributed by atoms with Crippen molar-refractivity contribution in [1.82, 2.24) is 34.7 Å². The second kappa shape index (κ2) is 10.2. The first-order valence-electron chi connectivity index (χ1n) is 11.3. The average molecular weight is 432 g/mol. The third-order valence-corrected chi connectivity index (χ3v) is 5.61. The Morgan fingerprint density at radius 1 is 1.00 bits per heavy atom. The zero-order valence-corrected chi connectivity index (χ0v) is 18.7. The Labute approximate surface area is 187 Å². The molecule has 0 fully saturated rings. The number of aromatic amines is 1. The van der Waals surface area contributed by atoms with Crippen molar-refractivity contribution in [1.29, 1.82) is 0 Å². The predicted octanol–water partition coefficient (Wildman–Crippen LogP) is 4.08. The van der Waals surface area contributed by atoms with E-state index in [4.69, 9.17) is 0 Å². The van der Waals surface area contributed by atoms with Crippen LogP contribution in [0, 0.1) is 0 Å². The molecule has 0 atom stereocenters. The van der Waals surface area contributed by atoms with Crippen LogP contribution in [0.4, 0.5) is 0 Å². The predicted molar refractivity (Wildman–Crippen MR) is 124 cm³/mol. The second-order valence-corrected chi connectivity index (χ2v) is 7.96. The summed E-state index contributed by atoms with van der Waals surface area (Å²) in [6, 6.07) is 11.9. The molecule has 0 aliphatic heterocycles. The smallest absolute Gasteiger partial charge is 0.299 e. The number of tetrazole rings is 1. The maximum Gasteiger partial charge on any atom is 0.328 e. The Morgan fingerprint density at radius 3 is 2.53 bits per heavy atom. The van der Waals surface area contributed by atoms with E-state index in [9.17, 15) is 4.79 Å². The van der Waals surface area contributed by atoms with Gasteiger partial charge in [0, 0.05) is 35.8 Å². The summed E-state index contributed by atoms with van der Waals surface area (Å²) >= 11 is 0. The zero-order chi connectivity index (χ0) is 22.3. The summed E-state index contributed by atoms with van der Waals surface area (Å²) < 4.78 is 3.72. The third-order valence-electron chi connectivity index (χ3n) is 5.61. The van der Waals surface area contributed by atoms with Crippen molar-refractivity contribution in [2.24, 2.45) is 0 Å². The molecule has 0 spiro atoms. The van der Waals surface area contributed by atoms with Crippen LogP contribution < -0.4 is 5.69 Å². The van der Waals surface area contributed by atoms with Crippen molar-refractivity contribution in [3.63, 3.8) is 0 Å². The molecule has 1 aromatic carbocycles. The molecule has 0 saturated carbocycles. The molecule has 8 nitrogen and oxygen atoms in total. The number of nitrogens with one attached hydrogen (secondary N) is 1.